The van der Waals surface area contributed by atoms with Crippen LogP contribution in [0.1, 0.15) is 12.5 Å². The van der Waals surface area contributed by atoms with E-state index in [2.05, 4.69) is 5.32 Å². The van der Waals surface area contributed by atoms with E-state index in [1.807, 2.05) is 0 Å². The summed E-state index contributed by atoms with van der Waals surface area (Å²) < 4.78 is 18.5. The number of anilines is 1. The second-order valence-electron chi connectivity index (χ2n) is 4.90. The van der Waals surface area contributed by atoms with Crippen LogP contribution in [0.5, 0.6) is 0 Å². The van der Waals surface area contributed by atoms with Gasteiger partial charge in [0.05, 0.1) is 5.69 Å². The van der Waals surface area contributed by atoms with Crippen LogP contribution in [-0.4, -0.2) is 18.0 Å². The average molecular weight is 348 g/mol. The lowest BCUT2D eigenvalue weighted by molar-refractivity contribution is -0.148. The number of ether oxygens (including phenoxy) is 1. The van der Waals surface area contributed by atoms with Crippen molar-refractivity contribution < 1.29 is 18.7 Å². The number of benzene rings is 2. The number of hydrogen-bond donors (Lipinski definition) is 1. The SMILES string of the molecule is C[C@@H](OC(=O)/C=C/c1ccccc1Cl)C(=O)Nc1ccccc1F. The maximum absolute atomic E-state index is 13.5. The first-order valence-corrected chi connectivity index (χ1v) is 7.54. The normalized spacial score (nSPS) is 12.0. The fraction of sp³-hybridized carbons (Fsp3) is 0.111. The van der Waals surface area contributed by atoms with Gasteiger partial charge in [0.1, 0.15) is 5.82 Å². The molecule has 0 bridgehead atoms. The predicted molar refractivity (Wildman–Crippen MR) is 91.1 cm³/mol. The van der Waals surface area contributed by atoms with Crippen molar-refractivity contribution in [2.75, 3.05) is 5.32 Å². The molecule has 1 amide bonds. The van der Waals surface area contributed by atoms with Crippen molar-refractivity contribution in [2.24, 2.45) is 0 Å². The molecule has 0 radical (unpaired) electrons. The molecule has 2 aromatic carbocycles. The molecule has 0 heterocycles. The summed E-state index contributed by atoms with van der Waals surface area (Å²) in [7, 11) is 0. The van der Waals surface area contributed by atoms with Gasteiger partial charge in [0.25, 0.3) is 5.91 Å². The van der Waals surface area contributed by atoms with E-state index in [1.54, 1.807) is 30.3 Å². The van der Waals surface area contributed by atoms with Gasteiger partial charge in [-0.25, -0.2) is 9.18 Å². The van der Waals surface area contributed by atoms with Gasteiger partial charge in [-0.3, -0.25) is 4.79 Å². The smallest absolute Gasteiger partial charge is 0.331 e. The summed E-state index contributed by atoms with van der Waals surface area (Å²) in [5, 5.41) is 2.85. The lowest BCUT2D eigenvalue weighted by atomic mass is 10.2. The minimum Gasteiger partial charge on any atom is -0.449 e. The fourth-order valence-corrected chi connectivity index (χ4v) is 2.03. The number of halogens is 2. The first kappa shape index (κ1) is 17.7. The third kappa shape index (κ3) is 4.93. The van der Waals surface area contributed by atoms with Gasteiger partial charge in [-0.15, -0.1) is 0 Å². The third-order valence-electron chi connectivity index (χ3n) is 3.10. The lowest BCUT2D eigenvalue weighted by Gasteiger charge is -2.12. The summed E-state index contributed by atoms with van der Waals surface area (Å²) in [4.78, 5) is 23.7. The van der Waals surface area contributed by atoms with Gasteiger partial charge in [-0.2, -0.15) is 0 Å². The quantitative estimate of drug-likeness (QED) is 0.655. The zero-order chi connectivity index (χ0) is 17.5. The van der Waals surface area contributed by atoms with Crippen LogP contribution in [0.25, 0.3) is 6.08 Å². The molecule has 0 spiro atoms. The van der Waals surface area contributed by atoms with Gasteiger partial charge in [-0.1, -0.05) is 41.9 Å². The van der Waals surface area contributed by atoms with Crippen LogP contribution in [-0.2, 0) is 14.3 Å². The van der Waals surface area contributed by atoms with Crippen molar-refractivity contribution >= 4 is 35.2 Å². The maximum atomic E-state index is 13.5. The number of hydrogen-bond acceptors (Lipinski definition) is 3. The average Bonchev–Trinajstić information content (AvgIpc) is 2.56. The molecule has 0 aliphatic rings. The Morgan fingerprint density at radius 3 is 2.54 bits per heavy atom. The van der Waals surface area contributed by atoms with Gasteiger partial charge in [0, 0.05) is 11.1 Å². The Bertz CT molecular complexity index is 776. The number of amides is 1. The van der Waals surface area contributed by atoms with Crippen molar-refractivity contribution in [2.45, 2.75) is 13.0 Å². The van der Waals surface area contributed by atoms with Gasteiger partial charge in [-0.05, 0) is 36.8 Å². The lowest BCUT2D eigenvalue weighted by Crippen LogP contribution is -2.29. The van der Waals surface area contributed by atoms with Crippen LogP contribution in [0.15, 0.2) is 54.6 Å². The molecular formula is C18H15ClFNO3. The largest absolute Gasteiger partial charge is 0.449 e. The Morgan fingerprint density at radius 2 is 1.83 bits per heavy atom. The second kappa shape index (κ2) is 8.26. The van der Waals surface area contributed by atoms with Crippen molar-refractivity contribution in [3.63, 3.8) is 0 Å². The fourth-order valence-electron chi connectivity index (χ4n) is 1.83. The van der Waals surface area contributed by atoms with Crippen LogP contribution in [0, 0.1) is 5.82 Å². The number of nitrogens with one attached hydrogen (secondary N) is 1. The molecule has 0 saturated heterocycles. The minimum atomic E-state index is -1.08. The Morgan fingerprint density at radius 1 is 1.17 bits per heavy atom. The number of esters is 1. The Labute approximate surface area is 143 Å². The molecule has 0 fully saturated rings. The van der Waals surface area contributed by atoms with Gasteiger partial charge in [0.15, 0.2) is 6.10 Å². The zero-order valence-corrected chi connectivity index (χ0v) is 13.6. The van der Waals surface area contributed by atoms with Crippen LogP contribution >= 0.6 is 11.6 Å². The highest BCUT2D eigenvalue weighted by Crippen LogP contribution is 2.16. The Balaban J connectivity index is 1.92. The van der Waals surface area contributed by atoms with Crippen molar-refractivity contribution in [1.82, 2.24) is 0 Å². The number of para-hydroxylation sites is 1. The molecule has 0 aromatic heterocycles. The third-order valence-corrected chi connectivity index (χ3v) is 3.44. The molecule has 2 aromatic rings. The molecule has 0 aliphatic carbocycles. The first-order chi connectivity index (χ1) is 11.5. The van der Waals surface area contributed by atoms with Crippen LogP contribution in [0.3, 0.4) is 0 Å². The number of carbonyl (C=O) groups excluding carboxylic acids is 2. The summed E-state index contributed by atoms with van der Waals surface area (Å²) >= 11 is 5.97. The second-order valence-corrected chi connectivity index (χ2v) is 5.31. The van der Waals surface area contributed by atoms with E-state index in [1.165, 1.54) is 37.3 Å². The number of rotatable bonds is 5. The van der Waals surface area contributed by atoms with E-state index in [9.17, 15) is 14.0 Å². The molecule has 4 nitrogen and oxygen atoms in total. The molecule has 124 valence electrons. The summed E-state index contributed by atoms with van der Waals surface area (Å²) in [5.41, 5.74) is 0.677. The highest BCUT2D eigenvalue weighted by molar-refractivity contribution is 6.32. The molecule has 1 atom stereocenters. The monoisotopic (exact) mass is 347 g/mol. The molecule has 1 N–H and O–H groups in total. The van der Waals surface area contributed by atoms with Crippen LogP contribution in [0.4, 0.5) is 10.1 Å². The molecular weight excluding hydrogens is 333 g/mol. The molecule has 0 unspecified atom stereocenters. The van der Waals surface area contributed by atoms with E-state index < -0.39 is 23.8 Å². The van der Waals surface area contributed by atoms with Crippen molar-refractivity contribution in [1.29, 1.82) is 0 Å². The molecule has 24 heavy (non-hydrogen) atoms. The van der Waals surface area contributed by atoms with E-state index in [0.29, 0.717) is 10.6 Å². The predicted octanol–water partition coefficient (Wildman–Crippen LogP) is 4.06. The maximum Gasteiger partial charge on any atom is 0.331 e. The van der Waals surface area contributed by atoms with E-state index in [4.69, 9.17) is 16.3 Å². The van der Waals surface area contributed by atoms with Gasteiger partial charge >= 0.3 is 5.97 Å². The Kier molecular flexibility index (Phi) is 6.09. The summed E-state index contributed by atoms with van der Waals surface area (Å²) in [6.45, 7) is 1.40. The summed E-state index contributed by atoms with van der Waals surface area (Å²) in [5.74, 6) is -1.89. The standard InChI is InChI=1S/C18H15ClFNO3/c1-12(18(23)21-16-9-5-4-8-15(16)20)24-17(22)11-10-13-6-2-3-7-14(13)19/h2-12H,1H3,(H,21,23)/b11-10+/t12-/m1/s1. The highest BCUT2D eigenvalue weighted by atomic mass is 35.5. The molecule has 2 rings (SSSR count). The Hall–Kier alpha value is -2.66. The van der Waals surface area contributed by atoms with Gasteiger partial charge in [0.2, 0.25) is 0 Å². The molecule has 6 heteroatoms. The summed E-state index contributed by atoms with van der Waals surface area (Å²) in [6, 6.07) is 12.7. The van der Waals surface area contributed by atoms with E-state index in [-0.39, 0.29) is 5.69 Å². The molecule has 0 aliphatic heterocycles. The van der Waals surface area contributed by atoms with Crippen molar-refractivity contribution in [3.8, 4) is 0 Å². The van der Waals surface area contributed by atoms with Crippen LogP contribution < -0.4 is 5.32 Å². The topological polar surface area (TPSA) is 55.4 Å². The van der Waals surface area contributed by atoms with Gasteiger partial charge < -0.3 is 10.1 Å². The number of carbonyl (C=O) groups is 2. The van der Waals surface area contributed by atoms with Crippen molar-refractivity contribution in [3.05, 3.63) is 71.0 Å². The molecule has 0 saturated carbocycles. The van der Waals surface area contributed by atoms with Crippen LogP contribution in [0.2, 0.25) is 5.02 Å². The van der Waals surface area contributed by atoms with E-state index in [0.717, 1.165) is 0 Å². The zero-order valence-electron chi connectivity index (χ0n) is 12.8. The first-order valence-electron chi connectivity index (χ1n) is 7.16. The highest BCUT2D eigenvalue weighted by Gasteiger charge is 2.17. The summed E-state index contributed by atoms with van der Waals surface area (Å²) in [6.07, 6.45) is 1.59. The van der Waals surface area contributed by atoms with E-state index >= 15 is 0 Å². The minimum absolute atomic E-state index is 0.0250.